The summed E-state index contributed by atoms with van der Waals surface area (Å²) >= 11 is 3.38. The summed E-state index contributed by atoms with van der Waals surface area (Å²) in [5, 5.41) is 0.342. The van der Waals surface area contributed by atoms with Crippen molar-refractivity contribution in [1.29, 1.82) is 0 Å². The summed E-state index contributed by atoms with van der Waals surface area (Å²) in [5.41, 5.74) is 3.43. The minimum absolute atomic E-state index is 0.0653. The first-order chi connectivity index (χ1) is 15.3. The number of halogens is 2. The molecule has 0 aliphatic carbocycles. The summed E-state index contributed by atoms with van der Waals surface area (Å²) in [5.74, 6) is -0.240. The van der Waals surface area contributed by atoms with Crippen LogP contribution >= 0.6 is 15.9 Å². The first-order valence-corrected chi connectivity index (χ1v) is 10.7. The van der Waals surface area contributed by atoms with E-state index in [9.17, 15) is 14.0 Å². The highest BCUT2D eigenvalue weighted by atomic mass is 79.9. The molecule has 32 heavy (non-hydrogen) atoms. The normalized spacial score (nSPS) is 11.0. The van der Waals surface area contributed by atoms with E-state index in [4.69, 9.17) is 4.74 Å². The first-order valence-electron chi connectivity index (χ1n) is 9.89. The number of fused-ring (bicyclic) bond motifs is 1. The van der Waals surface area contributed by atoms with Gasteiger partial charge >= 0.3 is 0 Å². The van der Waals surface area contributed by atoms with Gasteiger partial charge in [0.2, 0.25) is 0 Å². The Labute approximate surface area is 191 Å². The van der Waals surface area contributed by atoms with E-state index in [1.165, 1.54) is 24.3 Å². The van der Waals surface area contributed by atoms with Crippen molar-refractivity contribution in [3.8, 4) is 17.1 Å². The molecule has 0 aliphatic rings. The van der Waals surface area contributed by atoms with Crippen LogP contribution in [0, 0.1) is 5.82 Å². The Morgan fingerprint density at radius 2 is 1.81 bits per heavy atom. The van der Waals surface area contributed by atoms with E-state index in [0.29, 0.717) is 26.7 Å². The number of carbonyl (C=O) groups is 1. The van der Waals surface area contributed by atoms with Gasteiger partial charge in [-0.05, 0) is 84.4 Å². The smallest absolute Gasteiger partial charge is 0.280 e. The van der Waals surface area contributed by atoms with E-state index in [1.54, 1.807) is 42.5 Å². The van der Waals surface area contributed by atoms with Gasteiger partial charge in [-0.15, -0.1) is 0 Å². The van der Waals surface area contributed by atoms with Gasteiger partial charge in [0.25, 0.3) is 11.5 Å². The Morgan fingerprint density at radius 1 is 1.09 bits per heavy atom. The molecule has 8 heteroatoms. The van der Waals surface area contributed by atoms with Crippen molar-refractivity contribution >= 4 is 32.7 Å². The molecule has 0 bridgehead atoms. The highest BCUT2D eigenvalue weighted by molar-refractivity contribution is 9.10. The van der Waals surface area contributed by atoms with Gasteiger partial charge in [-0.3, -0.25) is 15.0 Å². The summed E-state index contributed by atoms with van der Waals surface area (Å²) < 4.78 is 20.8. The van der Waals surface area contributed by atoms with Crippen molar-refractivity contribution in [1.82, 2.24) is 9.66 Å². The van der Waals surface area contributed by atoms with Crippen LogP contribution in [0.15, 0.2) is 76.0 Å². The zero-order chi connectivity index (χ0) is 22.8. The van der Waals surface area contributed by atoms with Crippen LogP contribution < -0.4 is 15.7 Å². The average molecular weight is 496 g/mol. The minimum Gasteiger partial charge on any atom is -0.491 e. The fraction of sp³-hybridized carbons (Fsp3) is 0.125. The van der Waals surface area contributed by atoms with Gasteiger partial charge < -0.3 is 4.74 Å². The second kappa shape index (κ2) is 8.92. The van der Waals surface area contributed by atoms with Crippen molar-refractivity contribution in [3.63, 3.8) is 0 Å². The van der Waals surface area contributed by atoms with E-state index < -0.39 is 17.3 Å². The average Bonchev–Trinajstić information content (AvgIpc) is 2.77. The van der Waals surface area contributed by atoms with Crippen LogP contribution in [0.5, 0.6) is 5.75 Å². The van der Waals surface area contributed by atoms with Crippen LogP contribution in [0.4, 0.5) is 4.39 Å². The van der Waals surface area contributed by atoms with E-state index in [-0.39, 0.29) is 17.5 Å². The maximum Gasteiger partial charge on any atom is 0.280 e. The number of benzene rings is 3. The van der Waals surface area contributed by atoms with Crippen molar-refractivity contribution in [2.75, 3.05) is 5.43 Å². The van der Waals surface area contributed by atoms with Gasteiger partial charge in [-0.25, -0.2) is 9.37 Å². The number of nitrogens with zero attached hydrogens (tertiary/aromatic N) is 2. The SMILES string of the molecule is CC(C)Oc1ccc(Br)c(C(=O)Nn2c(-c3ccc(F)cc3)nc3ccccc3c2=O)c1. The quantitative estimate of drug-likeness (QED) is 0.416. The maximum atomic E-state index is 13.5. The molecule has 1 heterocycles. The largest absolute Gasteiger partial charge is 0.491 e. The molecule has 0 fully saturated rings. The lowest BCUT2D eigenvalue weighted by atomic mass is 10.2. The lowest BCUT2D eigenvalue weighted by Gasteiger charge is -2.16. The summed E-state index contributed by atoms with van der Waals surface area (Å²) in [6, 6.07) is 17.4. The molecule has 162 valence electrons. The zero-order valence-corrected chi connectivity index (χ0v) is 18.9. The first kappa shape index (κ1) is 21.7. The Kier molecular flexibility index (Phi) is 6.05. The number of para-hydroxylation sites is 1. The molecular weight excluding hydrogens is 477 g/mol. The predicted octanol–water partition coefficient (Wildman–Crippen LogP) is 5.14. The van der Waals surface area contributed by atoms with Gasteiger partial charge in [0.05, 0.1) is 22.6 Å². The standard InChI is InChI=1S/C24H19BrFN3O3/c1-14(2)32-17-11-12-20(25)19(13-17)23(30)28-29-22(15-7-9-16(26)10-8-15)27-21-6-4-3-5-18(21)24(29)31/h3-14H,1-2H3,(H,28,30). The third kappa shape index (κ3) is 4.40. The van der Waals surface area contributed by atoms with Crippen LogP contribution in [-0.2, 0) is 0 Å². The van der Waals surface area contributed by atoms with Crippen molar-refractivity contribution in [3.05, 3.63) is 92.9 Å². The highest BCUT2D eigenvalue weighted by Crippen LogP contribution is 2.24. The molecule has 1 aromatic heterocycles. The van der Waals surface area contributed by atoms with Crippen molar-refractivity contribution < 1.29 is 13.9 Å². The highest BCUT2D eigenvalue weighted by Gasteiger charge is 2.18. The van der Waals surface area contributed by atoms with E-state index >= 15 is 0 Å². The molecule has 0 saturated carbocycles. The molecular formula is C24H19BrFN3O3. The molecule has 0 aliphatic heterocycles. The molecule has 0 spiro atoms. The van der Waals surface area contributed by atoms with Crippen LogP contribution in [-0.4, -0.2) is 21.7 Å². The summed E-state index contributed by atoms with van der Waals surface area (Å²) in [4.78, 5) is 31.0. The molecule has 1 amide bonds. The van der Waals surface area contributed by atoms with Crippen molar-refractivity contribution in [2.45, 2.75) is 20.0 Å². The number of aromatic nitrogens is 2. The fourth-order valence-corrected chi connectivity index (χ4v) is 3.64. The number of nitrogens with one attached hydrogen (secondary N) is 1. The van der Waals surface area contributed by atoms with Gasteiger partial charge in [0.15, 0.2) is 5.82 Å². The third-order valence-corrected chi connectivity index (χ3v) is 5.34. The van der Waals surface area contributed by atoms with Crippen LogP contribution in [0.1, 0.15) is 24.2 Å². The molecule has 0 unspecified atom stereocenters. The summed E-state index contributed by atoms with van der Waals surface area (Å²) in [6.07, 6.45) is -0.0653. The van der Waals surface area contributed by atoms with Crippen LogP contribution in [0.3, 0.4) is 0 Å². The fourth-order valence-electron chi connectivity index (χ4n) is 3.21. The number of rotatable bonds is 5. The lowest BCUT2D eigenvalue weighted by molar-refractivity contribution is 0.101. The number of carbonyl (C=O) groups excluding carboxylic acids is 1. The Hall–Kier alpha value is -3.52. The second-order valence-electron chi connectivity index (χ2n) is 7.35. The zero-order valence-electron chi connectivity index (χ0n) is 17.3. The molecule has 0 saturated heterocycles. The van der Waals surface area contributed by atoms with Crippen LogP contribution in [0.25, 0.3) is 22.3 Å². The molecule has 4 rings (SSSR count). The summed E-state index contributed by atoms with van der Waals surface area (Å²) in [7, 11) is 0. The Balaban J connectivity index is 1.83. The molecule has 4 aromatic rings. The third-order valence-electron chi connectivity index (χ3n) is 4.65. The van der Waals surface area contributed by atoms with Gasteiger partial charge in [0, 0.05) is 10.0 Å². The molecule has 0 atom stereocenters. The maximum absolute atomic E-state index is 13.5. The van der Waals surface area contributed by atoms with Gasteiger partial charge in [0.1, 0.15) is 11.6 Å². The monoisotopic (exact) mass is 495 g/mol. The summed E-state index contributed by atoms with van der Waals surface area (Å²) in [6.45, 7) is 3.77. The lowest BCUT2D eigenvalue weighted by Crippen LogP contribution is -2.35. The predicted molar refractivity (Wildman–Crippen MR) is 125 cm³/mol. The van der Waals surface area contributed by atoms with E-state index in [2.05, 4.69) is 26.3 Å². The number of amides is 1. The van der Waals surface area contributed by atoms with E-state index in [0.717, 1.165) is 4.68 Å². The Bertz CT molecular complexity index is 1370. The Morgan fingerprint density at radius 3 is 2.53 bits per heavy atom. The number of ether oxygens (including phenoxy) is 1. The number of hydrogen-bond donors (Lipinski definition) is 1. The second-order valence-corrected chi connectivity index (χ2v) is 8.20. The molecule has 3 aromatic carbocycles. The topological polar surface area (TPSA) is 73.2 Å². The van der Waals surface area contributed by atoms with E-state index in [1.807, 2.05) is 13.8 Å². The minimum atomic E-state index is -0.534. The molecule has 6 nitrogen and oxygen atoms in total. The van der Waals surface area contributed by atoms with Crippen LogP contribution in [0.2, 0.25) is 0 Å². The van der Waals surface area contributed by atoms with Crippen molar-refractivity contribution in [2.24, 2.45) is 0 Å². The molecule has 1 N–H and O–H groups in total. The molecule has 0 radical (unpaired) electrons. The number of hydrogen-bond acceptors (Lipinski definition) is 4. The van der Waals surface area contributed by atoms with Gasteiger partial charge in [-0.1, -0.05) is 12.1 Å². The van der Waals surface area contributed by atoms with Gasteiger partial charge in [-0.2, -0.15) is 4.68 Å².